The van der Waals surface area contributed by atoms with E-state index in [1.165, 1.54) is 12.8 Å². The number of nitriles is 1. The Morgan fingerprint density at radius 1 is 1.36 bits per heavy atom. The van der Waals surface area contributed by atoms with Crippen molar-refractivity contribution in [1.29, 1.82) is 5.26 Å². The Labute approximate surface area is 147 Å². The minimum Gasteiger partial charge on any atom is -0.370 e. The molecule has 1 aliphatic carbocycles. The second kappa shape index (κ2) is 6.05. The minimum atomic E-state index is 0.529. The number of fused-ring (bicyclic) bond motifs is 3. The van der Waals surface area contributed by atoms with Crippen molar-refractivity contribution in [2.75, 3.05) is 26.0 Å². The molecule has 1 unspecified atom stereocenters. The summed E-state index contributed by atoms with van der Waals surface area (Å²) in [5.74, 6) is 1.80. The number of benzene rings is 1. The molecular formula is C20H23N5. The van der Waals surface area contributed by atoms with Gasteiger partial charge in [0.15, 0.2) is 5.65 Å². The first-order valence-electron chi connectivity index (χ1n) is 8.81. The van der Waals surface area contributed by atoms with Gasteiger partial charge in [-0.05, 0) is 63.5 Å². The first-order valence-corrected chi connectivity index (χ1v) is 8.81. The van der Waals surface area contributed by atoms with Crippen LogP contribution in [0.25, 0.3) is 16.7 Å². The number of hydrogen-bond donors (Lipinski definition) is 1. The molecule has 0 bridgehead atoms. The number of anilines is 1. The second-order valence-electron chi connectivity index (χ2n) is 7.21. The highest BCUT2D eigenvalue weighted by Gasteiger charge is 2.32. The van der Waals surface area contributed by atoms with Gasteiger partial charge in [0.25, 0.3) is 0 Å². The van der Waals surface area contributed by atoms with Crippen LogP contribution in [0.15, 0.2) is 30.3 Å². The van der Waals surface area contributed by atoms with Crippen molar-refractivity contribution in [1.82, 2.24) is 14.3 Å². The number of nitrogens with zero attached hydrogens (tertiary/aromatic N) is 4. The number of para-hydroxylation sites is 2. The Morgan fingerprint density at radius 2 is 2.12 bits per heavy atom. The van der Waals surface area contributed by atoms with Crippen LogP contribution in [0.4, 0.5) is 5.82 Å². The zero-order valence-corrected chi connectivity index (χ0v) is 15.0. The third kappa shape index (κ3) is 2.73. The summed E-state index contributed by atoms with van der Waals surface area (Å²) >= 11 is 0. The van der Waals surface area contributed by atoms with Crippen molar-refractivity contribution in [3.05, 3.63) is 41.5 Å². The Morgan fingerprint density at radius 3 is 2.80 bits per heavy atom. The first-order chi connectivity index (χ1) is 12.1. The summed E-state index contributed by atoms with van der Waals surface area (Å²) < 4.78 is 2.08. The van der Waals surface area contributed by atoms with Crippen molar-refractivity contribution in [2.45, 2.75) is 25.8 Å². The van der Waals surface area contributed by atoms with Gasteiger partial charge in [-0.1, -0.05) is 12.1 Å². The van der Waals surface area contributed by atoms with Crippen molar-refractivity contribution >= 4 is 22.5 Å². The maximum absolute atomic E-state index is 9.57. The molecule has 128 valence electrons. The van der Waals surface area contributed by atoms with Crippen molar-refractivity contribution in [3.63, 3.8) is 0 Å². The maximum Gasteiger partial charge on any atom is 0.157 e. The van der Waals surface area contributed by atoms with E-state index in [0.29, 0.717) is 11.6 Å². The molecular weight excluding hydrogens is 310 g/mol. The normalized spacial score (nSPS) is 15.6. The van der Waals surface area contributed by atoms with Crippen LogP contribution in [0.2, 0.25) is 0 Å². The third-order valence-electron chi connectivity index (χ3n) is 5.21. The van der Waals surface area contributed by atoms with E-state index in [4.69, 9.17) is 4.98 Å². The summed E-state index contributed by atoms with van der Waals surface area (Å²) in [6.45, 7) is 2.87. The minimum absolute atomic E-state index is 0.529. The lowest BCUT2D eigenvalue weighted by Gasteiger charge is -2.25. The number of hydrogen-bond acceptors (Lipinski definition) is 4. The van der Waals surface area contributed by atoms with Crippen LogP contribution in [0, 0.1) is 24.2 Å². The summed E-state index contributed by atoms with van der Waals surface area (Å²) in [6.07, 6.45) is 2.64. The highest BCUT2D eigenvalue weighted by molar-refractivity contribution is 5.85. The fourth-order valence-corrected chi connectivity index (χ4v) is 3.68. The molecule has 2 aromatic heterocycles. The molecule has 0 saturated heterocycles. The predicted molar refractivity (Wildman–Crippen MR) is 101 cm³/mol. The van der Waals surface area contributed by atoms with E-state index in [0.717, 1.165) is 40.5 Å². The summed E-state index contributed by atoms with van der Waals surface area (Å²) in [5, 5.41) is 13.2. The van der Waals surface area contributed by atoms with Gasteiger partial charge in [-0.25, -0.2) is 4.98 Å². The molecule has 1 atom stereocenters. The highest BCUT2D eigenvalue weighted by atomic mass is 15.2. The monoisotopic (exact) mass is 333 g/mol. The summed E-state index contributed by atoms with van der Waals surface area (Å²) in [4.78, 5) is 7.02. The van der Waals surface area contributed by atoms with Crippen LogP contribution in [-0.4, -0.2) is 41.0 Å². The quantitative estimate of drug-likeness (QED) is 0.777. The van der Waals surface area contributed by atoms with E-state index in [1.54, 1.807) is 0 Å². The van der Waals surface area contributed by atoms with Crippen molar-refractivity contribution in [3.8, 4) is 6.07 Å². The Balaban J connectivity index is 1.81. The summed E-state index contributed by atoms with van der Waals surface area (Å²) in [5.41, 5.74) is 4.29. The van der Waals surface area contributed by atoms with Gasteiger partial charge in [-0.2, -0.15) is 5.26 Å². The Kier molecular flexibility index (Phi) is 3.85. The predicted octanol–water partition coefficient (Wildman–Crippen LogP) is 3.42. The van der Waals surface area contributed by atoms with Gasteiger partial charge in [0, 0.05) is 12.6 Å². The average molecular weight is 333 g/mol. The maximum atomic E-state index is 9.57. The van der Waals surface area contributed by atoms with Crippen LogP contribution < -0.4 is 5.32 Å². The van der Waals surface area contributed by atoms with E-state index in [1.807, 2.05) is 25.1 Å². The Bertz CT molecular complexity index is 973. The molecule has 0 amide bonds. The topological polar surface area (TPSA) is 56.4 Å². The van der Waals surface area contributed by atoms with Gasteiger partial charge < -0.3 is 10.2 Å². The highest BCUT2D eigenvalue weighted by Crippen LogP contribution is 2.35. The molecule has 0 spiro atoms. The zero-order chi connectivity index (χ0) is 17.6. The molecule has 0 radical (unpaired) electrons. The molecule has 1 aliphatic rings. The van der Waals surface area contributed by atoms with Gasteiger partial charge in [-0.15, -0.1) is 0 Å². The fraction of sp³-hybridized carbons (Fsp3) is 0.400. The molecule has 25 heavy (non-hydrogen) atoms. The fourth-order valence-electron chi connectivity index (χ4n) is 3.68. The molecule has 1 fully saturated rings. The number of rotatable bonds is 5. The van der Waals surface area contributed by atoms with Crippen LogP contribution in [-0.2, 0) is 0 Å². The van der Waals surface area contributed by atoms with E-state index < -0.39 is 0 Å². The van der Waals surface area contributed by atoms with Gasteiger partial charge in [-0.3, -0.25) is 4.40 Å². The lowest BCUT2D eigenvalue weighted by Crippen LogP contribution is -2.36. The number of imidazole rings is 1. The standard InChI is InChI=1S/C20H23N5/c1-13-10-19(22-12-18(24(2)3)14-8-9-14)25-17-7-5-4-6-16(17)23-20(25)15(13)11-21/h4-7,10,14,18,22H,8-9,12H2,1-3H3. The van der Waals surface area contributed by atoms with Crippen LogP contribution in [0.1, 0.15) is 24.0 Å². The van der Waals surface area contributed by atoms with Gasteiger partial charge >= 0.3 is 0 Å². The van der Waals surface area contributed by atoms with E-state index >= 15 is 0 Å². The van der Waals surface area contributed by atoms with E-state index in [2.05, 4.69) is 46.9 Å². The SMILES string of the molecule is Cc1cc(NCC(C2CC2)N(C)C)n2c(nc3ccccc32)c1C#N. The molecule has 1 saturated carbocycles. The first kappa shape index (κ1) is 15.9. The number of pyridine rings is 1. The second-order valence-corrected chi connectivity index (χ2v) is 7.21. The average Bonchev–Trinajstić information content (AvgIpc) is 3.34. The van der Waals surface area contributed by atoms with Crippen molar-refractivity contribution < 1.29 is 0 Å². The number of aromatic nitrogens is 2. The largest absolute Gasteiger partial charge is 0.370 e. The molecule has 1 aromatic carbocycles. The molecule has 5 heteroatoms. The lowest BCUT2D eigenvalue weighted by atomic mass is 10.1. The number of aryl methyl sites for hydroxylation is 1. The number of nitrogens with one attached hydrogen (secondary N) is 1. The molecule has 1 N–H and O–H groups in total. The molecule has 5 nitrogen and oxygen atoms in total. The van der Waals surface area contributed by atoms with Crippen LogP contribution in [0.5, 0.6) is 0 Å². The smallest absolute Gasteiger partial charge is 0.157 e. The van der Waals surface area contributed by atoms with Gasteiger partial charge in [0.05, 0.1) is 16.6 Å². The molecule has 0 aliphatic heterocycles. The van der Waals surface area contributed by atoms with Crippen LogP contribution in [0.3, 0.4) is 0 Å². The third-order valence-corrected chi connectivity index (χ3v) is 5.21. The van der Waals surface area contributed by atoms with E-state index in [-0.39, 0.29) is 0 Å². The summed E-state index contributed by atoms with van der Waals surface area (Å²) in [6, 6.07) is 13.0. The van der Waals surface area contributed by atoms with Crippen LogP contribution >= 0.6 is 0 Å². The molecule has 2 heterocycles. The van der Waals surface area contributed by atoms with Crippen molar-refractivity contribution in [2.24, 2.45) is 5.92 Å². The zero-order valence-electron chi connectivity index (χ0n) is 15.0. The lowest BCUT2D eigenvalue weighted by molar-refractivity contribution is 0.276. The van der Waals surface area contributed by atoms with Gasteiger partial charge in [0.1, 0.15) is 11.9 Å². The van der Waals surface area contributed by atoms with Gasteiger partial charge in [0.2, 0.25) is 0 Å². The van der Waals surface area contributed by atoms with E-state index in [9.17, 15) is 5.26 Å². The summed E-state index contributed by atoms with van der Waals surface area (Å²) in [7, 11) is 4.30. The molecule has 4 rings (SSSR count). The Hall–Kier alpha value is -2.58. The molecule has 3 aromatic rings. The number of likely N-dealkylation sites (N-methyl/N-ethyl adjacent to an activating group) is 1.